The molecule has 0 radical (unpaired) electrons. The first-order chi connectivity index (χ1) is 11.7. The van der Waals surface area contributed by atoms with Gasteiger partial charge < -0.3 is 10.1 Å². The standard InChI is InChI=1S/C19H22N2O4/c1-13(25-17-10-8-14(9-11-17)19(2,3)4)18(22)20-15-6-5-7-16(12-15)21(23)24/h5-13H,1-4H3,(H,20,22)/t13-/m0/s1. The van der Waals surface area contributed by atoms with Gasteiger partial charge in [-0.25, -0.2) is 0 Å². The van der Waals surface area contributed by atoms with Crippen LogP contribution in [-0.4, -0.2) is 16.9 Å². The Morgan fingerprint density at radius 2 is 1.80 bits per heavy atom. The molecule has 1 amide bonds. The third kappa shape index (κ3) is 5.04. The van der Waals surface area contributed by atoms with E-state index >= 15 is 0 Å². The van der Waals surface area contributed by atoms with E-state index in [1.807, 2.05) is 24.3 Å². The molecule has 0 fully saturated rings. The highest BCUT2D eigenvalue weighted by molar-refractivity contribution is 5.94. The van der Waals surface area contributed by atoms with Crippen molar-refractivity contribution in [1.82, 2.24) is 0 Å². The van der Waals surface area contributed by atoms with Crippen molar-refractivity contribution in [3.63, 3.8) is 0 Å². The van der Waals surface area contributed by atoms with Gasteiger partial charge in [0, 0.05) is 17.8 Å². The number of nitrogens with one attached hydrogen (secondary N) is 1. The minimum absolute atomic E-state index is 0.0452. The Kier molecular flexibility index (Phi) is 5.41. The minimum atomic E-state index is -0.736. The lowest BCUT2D eigenvalue weighted by Gasteiger charge is -2.20. The molecule has 0 unspecified atom stereocenters. The van der Waals surface area contributed by atoms with Crippen molar-refractivity contribution in [2.45, 2.75) is 39.2 Å². The average molecular weight is 342 g/mol. The van der Waals surface area contributed by atoms with Crippen molar-refractivity contribution in [3.05, 3.63) is 64.2 Å². The van der Waals surface area contributed by atoms with E-state index < -0.39 is 11.0 Å². The van der Waals surface area contributed by atoms with Gasteiger partial charge in [0.1, 0.15) is 5.75 Å². The van der Waals surface area contributed by atoms with E-state index in [9.17, 15) is 14.9 Å². The lowest BCUT2D eigenvalue weighted by atomic mass is 9.87. The highest BCUT2D eigenvalue weighted by Crippen LogP contribution is 2.25. The van der Waals surface area contributed by atoms with Crippen LogP contribution in [0.4, 0.5) is 11.4 Å². The van der Waals surface area contributed by atoms with Crippen molar-refractivity contribution < 1.29 is 14.5 Å². The van der Waals surface area contributed by atoms with E-state index in [2.05, 4.69) is 26.1 Å². The second-order valence-electron chi connectivity index (χ2n) is 6.83. The van der Waals surface area contributed by atoms with E-state index in [0.29, 0.717) is 11.4 Å². The van der Waals surface area contributed by atoms with Crippen LogP contribution >= 0.6 is 0 Å². The summed E-state index contributed by atoms with van der Waals surface area (Å²) in [5.41, 5.74) is 1.50. The molecule has 0 spiro atoms. The summed E-state index contributed by atoms with van der Waals surface area (Å²) in [6.45, 7) is 8.00. The van der Waals surface area contributed by atoms with Gasteiger partial charge >= 0.3 is 0 Å². The fourth-order valence-electron chi connectivity index (χ4n) is 2.23. The number of benzene rings is 2. The smallest absolute Gasteiger partial charge is 0.271 e. The molecule has 2 rings (SSSR count). The van der Waals surface area contributed by atoms with E-state index in [1.54, 1.807) is 13.0 Å². The maximum Gasteiger partial charge on any atom is 0.271 e. The third-order valence-electron chi connectivity index (χ3n) is 3.73. The maximum absolute atomic E-state index is 12.2. The van der Waals surface area contributed by atoms with Crippen LogP contribution in [0.15, 0.2) is 48.5 Å². The van der Waals surface area contributed by atoms with E-state index in [0.717, 1.165) is 0 Å². The fraction of sp³-hybridized carbons (Fsp3) is 0.316. The van der Waals surface area contributed by atoms with E-state index in [-0.39, 0.29) is 17.0 Å². The van der Waals surface area contributed by atoms with Crippen LogP contribution in [-0.2, 0) is 10.2 Å². The molecule has 0 heterocycles. The number of carbonyl (C=O) groups excluding carboxylic acids is 1. The predicted octanol–water partition coefficient (Wildman–Crippen LogP) is 4.30. The van der Waals surface area contributed by atoms with Gasteiger partial charge in [0.2, 0.25) is 0 Å². The average Bonchev–Trinajstić information content (AvgIpc) is 2.54. The lowest BCUT2D eigenvalue weighted by molar-refractivity contribution is -0.384. The van der Waals surface area contributed by atoms with Crippen molar-refractivity contribution in [2.24, 2.45) is 0 Å². The van der Waals surface area contributed by atoms with Gasteiger partial charge in [-0.1, -0.05) is 39.0 Å². The number of amides is 1. The molecule has 0 aliphatic heterocycles. The summed E-state index contributed by atoms with van der Waals surface area (Å²) in [5.74, 6) is 0.218. The molecule has 0 aliphatic rings. The second kappa shape index (κ2) is 7.34. The third-order valence-corrected chi connectivity index (χ3v) is 3.73. The highest BCUT2D eigenvalue weighted by Gasteiger charge is 2.17. The molecule has 0 bridgehead atoms. The molecular formula is C19H22N2O4. The van der Waals surface area contributed by atoms with E-state index in [1.165, 1.54) is 23.8 Å². The van der Waals surface area contributed by atoms with Gasteiger partial charge in [-0.15, -0.1) is 0 Å². The molecule has 6 heteroatoms. The first-order valence-corrected chi connectivity index (χ1v) is 7.99. The normalized spacial score (nSPS) is 12.3. The van der Waals surface area contributed by atoms with Crippen LogP contribution in [0.3, 0.4) is 0 Å². The SMILES string of the molecule is C[C@H](Oc1ccc(C(C)(C)C)cc1)C(=O)Nc1cccc([N+](=O)[O-])c1. The Morgan fingerprint density at radius 3 is 2.36 bits per heavy atom. The molecule has 6 nitrogen and oxygen atoms in total. The minimum Gasteiger partial charge on any atom is -0.481 e. The molecular weight excluding hydrogens is 320 g/mol. The van der Waals surface area contributed by atoms with Crippen LogP contribution in [0, 0.1) is 10.1 Å². The Labute approximate surface area is 147 Å². The summed E-state index contributed by atoms with van der Waals surface area (Å²) >= 11 is 0. The van der Waals surface area contributed by atoms with Gasteiger partial charge in [0.15, 0.2) is 6.10 Å². The Morgan fingerprint density at radius 1 is 1.16 bits per heavy atom. The predicted molar refractivity (Wildman–Crippen MR) is 97.0 cm³/mol. The number of ether oxygens (including phenoxy) is 1. The summed E-state index contributed by atoms with van der Waals surface area (Å²) in [6, 6.07) is 13.4. The van der Waals surface area contributed by atoms with Gasteiger partial charge in [-0.3, -0.25) is 14.9 Å². The molecule has 25 heavy (non-hydrogen) atoms. The number of anilines is 1. The zero-order valence-electron chi connectivity index (χ0n) is 14.8. The quantitative estimate of drug-likeness (QED) is 0.649. The van der Waals surface area contributed by atoms with Crippen LogP contribution in [0.1, 0.15) is 33.3 Å². The topological polar surface area (TPSA) is 81.5 Å². The van der Waals surface area contributed by atoms with Crippen molar-refractivity contribution in [2.75, 3.05) is 5.32 Å². The van der Waals surface area contributed by atoms with Crippen LogP contribution in [0.25, 0.3) is 0 Å². The lowest BCUT2D eigenvalue weighted by Crippen LogP contribution is -2.30. The molecule has 0 aromatic heterocycles. The number of rotatable bonds is 5. The zero-order valence-corrected chi connectivity index (χ0v) is 14.8. The highest BCUT2D eigenvalue weighted by atomic mass is 16.6. The molecule has 132 valence electrons. The van der Waals surface area contributed by atoms with E-state index in [4.69, 9.17) is 4.74 Å². The number of nitrogens with zero attached hydrogens (tertiary/aromatic N) is 1. The van der Waals surface area contributed by atoms with Crippen LogP contribution in [0.2, 0.25) is 0 Å². The van der Waals surface area contributed by atoms with Gasteiger partial charge in [0.25, 0.3) is 11.6 Å². The molecule has 0 saturated heterocycles. The largest absolute Gasteiger partial charge is 0.481 e. The molecule has 1 N–H and O–H groups in total. The first kappa shape index (κ1) is 18.4. The summed E-state index contributed by atoms with van der Waals surface area (Å²) in [6.07, 6.45) is -0.736. The van der Waals surface area contributed by atoms with Crippen molar-refractivity contribution in [1.29, 1.82) is 0 Å². The van der Waals surface area contributed by atoms with Crippen molar-refractivity contribution >= 4 is 17.3 Å². The number of nitro groups is 1. The monoisotopic (exact) mass is 342 g/mol. The molecule has 0 saturated carbocycles. The number of carbonyl (C=O) groups is 1. The number of hydrogen-bond acceptors (Lipinski definition) is 4. The molecule has 1 atom stereocenters. The Hall–Kier alpha value is -2.89. The summed E-state index contributed by atoms with van der Waals surface area (Å²) < 4.78 is 5.65. The summed E-state index contributed by atoms with van der Waals surface area (Å²) in [7, 11) is 0. The van der Waals surface area contributed by atoms with Crippen LogP contribution in [0.5, 0.6) is 5.75 Å². The fourth-order valence-corrected chi connectivity index (χ4v) is 2.23. The summed E-state index contributed by atoms with van der Waals surface area (Å²) in [4.78, 5) is 22.5. The van der Waals surface area contributed by atoms with Gasteiger partial charge in [0.05, 0.1) is 4.92 Å². The number of hydrogen-bond donors (Lipinski definition) is 1. The second-order valence-corrected chi connectivity index (χ2v) is 6.83. The van der Waals surface area contributed by atoms with Gasteiger partial charge in [-0.2, -0.15) is 0 Å². The molecule has 0 aliphatic carbocycles. The Balaban J connectivity index is 2.00. The number of non-ortho nitro benzene ring substituents is 1. The Bertz CT molecular complexity index is 764. The van der Waals surface area contributed by atoms with Crippen molar-refractivity contribution in [3.8, 4) is 5.75 Å². The van der Waals surface area contributed by atoms with Crippen LogP contribution < -0.4 is 10.1 Å². The number of nitro benzene ring substituents is 1. The molecule has 2 aromatic rings. The maximum atomic E-state index is 12.2. The summed E-state index contributed by atoms with van der Waals surface area (Å²) in [5, 5.41) is 13.4. The zero-order chi connectivity index (χ0) is 18.6. The first-order valence-electron chi connectivity index (χ1n) is 7.99. The van der Waals surface area contributed by atoms with Gasteiger partial charge in [-0.05, 0) is 36.1 Å². The molecule has 2 aromatic carbocycles.